The molecule has 5 nitrogen and oxygen atoms in total. The summed E-state index contributed by atoms with van der Waals surface area (Å²) in [5.74, 6) is 0.203. The highest BCUT2D eigenvalue weighted by molar-refractivity contribution is 5.81. The van der Waals surface area contributed by atoms with Gasteiger partial charge in [-0.15, -0.1) is 0 Å². The van der Waals surface area contributed by atoms with Crippen molar-refractivity contribution in [2.75, 3.05) is 20.1 Å². The van der Waals surface area contributed by atoms with E-state index >= 15 is 0 Å². The van der Waals surface area contributed by atoms with E-state index < -0.39 is 0 Å². The first-order valence-corrected chi connectivity index (χ1v) is 9.31. The number of piperidine rings is 1. The first kappa shape index (κ1) is 18.1. The Hall–Kier alpha value is -1.26. The van der Waals surface area contributed by atoms with Gasteiger partial charge in [-0.2, -0.15) is 0 Å². The Balaban J connectivity index is 1.91. The molecule has 1 N–H and O–H groups in total. The molecule has 1 heterocycles. The van der Waals surface area contributed by atoms with Crippen LogP contribution in [0.1, 0.15) is 65.2 Å². The smallest absolute Gasteiger partial charge is 0.317 e. The Bertz CT molecular complexity index is 403. The van der Waals surface area contributed by atoms with Crippen LogP contribution in [0.3, 0.4) is 0 Å². The summed E-state index contributed by atoms with van der Waals surface area (Å²) < 4.78 is 0. The number of carbonyl (C=O) groups excluding carboxylic acids is 2. The molecule has 2 fully saturated rings. The van der Waals surface area contributed by atoms with E-state index in [9.17, 15) is 9.59 Å². The number of nitrogens with zero attached hydrogens (tertiary/aromatic N) is 2. The van der Waals surface area contributed by atoms with Crippen LogP contribution in [0.4, 0.5) is 4.79 Å². The van der Waals surface area contributed by atoms with Crippen LogP contribution in [0.2, 0.25) is 0 Å². The number of likely N-dealkylation sites (tertiary alicyclic amines) is 1. The molecule has 0 aromatic rings. The maximum absolute atomic E-state index is 12.9. The highest BCUT2D eigenvalue weighted by Crippen LogP contribution is 2.25. The summed E-state index contributed by atoms with van der Waals surface area (Å²) in [6.45, 7) is 5.25. The van der Waals surface area contributed by atoms with Crippen LogP contribution >= 0.6 is 0 Å². The fraction of sp³-hybridized carbons (Fsp3) is 0.889. The maximum atomic E-state index is 12.9. The van der Waals surface area contributed by atoms with Crippen LogP contribution in [0.5, 0.6) is 0 Å². The Kier molecular flexibility index (Phi) is 6.72. The van der Waals surface area contributed by atoms with Gasteiger partial charge in [0, 0.05) is 32.2 Å². The van der Waals surface area contributed by atoms with Crippen LogP contribution in [0.15, 0.2) is 0 Å². The number of hydrogen-bond acceptors (Lipinski definition) is 2. The summed E-state index contributed by atoms with van der Waals surface area (Å²) in [4.78, 5) is 28.8. The van der Waals surface area contributed by atoms with Crippen molar-refractivity contribution in [1.29, 1.82) is 0 Å². The summed E-state index contributed by atoms with van der Waals surface area (Å²) in [5.41, 5.74) is 0. The van der Waals surface area contributed by atoms with Gasteiger partial charge in [-0.3, -0.25) is 4.79 Å². The van der Waals surface area contributed by atoms with Gasteiger partial charge in [-0.25, -0.2) is 4.79 Å². The fourth-order valence-electron chi connectivity index (χ4n) is 3.81. The van der Waals surface area contributed by atoms with Crippen molar-refractivity contribution in [3.05, 3.63) is 0 Å². The molecule has 0 bridgehead atoms. The second-order valence-electron chi connectivity index (χ2n) is 7.48. The monoisotopic (exact) mass is 323 g/mol. The molecule has 0 aromatic carbocycles. The van der Waals surface area contributed by atoms with Crippen LogP contribution < -0.4 is 5.32 Å². The molecule has 23 heavy (non-hydrogen) atoms. The number of carbonyl (C=O) groups is 2. The van der Waals surface area contributed by atoms with E-state index in [0.717, 1.165) is 32.2 Å². The predicted octanol–water partition coefficient (Wildman–Crippen LogP) is 3.00. The van der Waals surface area contributed by atoms with Crippen LogP contribution in [-0.4, -0.2) is 54.0 Å². The predicted molar refractivity (Wildman–Crippen MR) is 92.2 cm³/mol. The van der Waals surface area contributed by atoms with E-state index in [2.05, 4.69) is 5.32 Å². The van der Waals surface area contributed by atoms with Gasteiger partial charge in [0.15, 0.2) is 0 Å². The minimum absolute atomic E-state index is 0.0325. The quantitative estimate of drug-likeness (QED) is 0.812. The van der Waals surface area contributed by atoms with Crippen molar-refractivity contribution in [2.24, 2.45) is 5.92 Å². The highest BCUT2D eigenvalue weighted by atomic mass is 16.2. The molecule has 1 saturated carbocycles. The van der Waals surface area contributed by atoms with Gasteiger partial charge < -0.3 is 15.1 Å². The van der Waals surface area contributed by atoms with Gasteiger partial charge in [-0.1, -0.05) is 25.7 Å². The van der Waals surface area contributed by atoms with Crippen molar-refractivity contribution in [2.45, 2.75) is 77.3 Å². The molecular weight excluding hydrogens is 290 g/mol. The molecule has 2 rings (SSSR count). The fourth-order valence-corrected chi connectivity index (χ4v) is 3.81. The highest BCUT2D eigenvalue weighted by Gasteiger charge is 2.32. The van der Waals surface area contributed by atoms with Crippen LogP contribution in [0, 0.1) is 5.92 Å². The van der Waals surface area contributed by atoms with E-state index in [1.165, 1.54) is 25.7 Å². The zero-order chi connectivity index (χ0) is 16.8. The normalized spacial score (nSPS) is 23.5. The standard InChI is InChI=1S/C18H33N3O2/c1-14(2)19-18(23)21-12-8-9-15(13-21)17(22)20(3)16-10-6-4-5-7-11-16/h14-16H,4-13H2,1-3H3,(H,19,23)/t15-/m1/s1. The number of nitrogens with one attached hydrogen (secondary N) is 1. The second-order valence-corrected chi connectivity index (χ2v) is 7.48. The Morgan fingerprint density at radius 1 is 1.04 bits per heavy atom. The SMILES string of the molecule is CC(C)NC(=O)N1CCC[C@@H](C(=O)N(C)C2CCCCCC2)C1. The summed E-state index contributed by atoms with van der Waals surface area (Å²) in [5, 5.41) is 2.93. The third kappa shape index (κ3) is 5.11. The minimum Gasteiger partial charge on any atom is -0.342 e. The van der Waals surface area contributed by atoms with Crippen LogP contribution in [0.25, 0.3) is 0 Å². The summed E-state index contributed by atoms with van der Waals surface area (Å²) in [6, 6.07) is 0.492. The second kappa shape index (κ2) is 8.55. The van der Waals surface area contributed by atoms with Gasteiger partial charge >= 0.3 is 6.03 Å². The zero-order valence-electron chi connectivity index (χ0n) is 15.0. The third-order valence-corrected chi connectivity index (χ3v) is 5.19. The van der Waals surface area contributed by atoms with Gasteiger partial charge in [-0.05, 0) is 39.5 Å². The maximum Gasteiger partial charge on any atom is 0.317 e. The summed E-state index contributed by atoms with van der Waals surface area (Å²) in [7, 11) is 1.96. The summed E-state index contributed by atoms with van der Waals surface area (Å²) in [6.07, 6.45) is 9.14. The van der Waals surface area contributed by atoms with E-state index in [-0.39, 0.29) is 23.9 Å². The molecule has 132 valence electrons. The Labute approximate surface area is 140 Å². The lowest BCUT2D eigenvalue weighted by atomic mass is 9.95. The molecule has 3 amide bonds. The molecule has 0 unspecified atom stereocenters. The van der Waals surface area contributed by atoms with Crippen molar-refractivity contribution < 1.29 is 9.59 Å². The van der Waals surface area contributed by atoms with Crippen molar-refractivity contribution in [3.8, 4) is 0 Å². The molecule has 2 aliphatic rings. The van der Waals surface area contributed by atoms with E-state index in [1.807, 2.05) is 30.7 Å². The third-order valence-electron chi connectivity index (χ3n) is 5.19. The number of rotatable bonds is 3. The molecular formula is C18H33N3O2. The summed E-state index contributed by atoms with van der Waals surface area (Å²) >= 11 is 0. The lowest BCUT2D eigenvalue weighted by Gasteiger charge is -2.36. The van der Waals surface area contributed by atoms with Gasteiger partial charge in [0.05, 0.1) is 5.92 Å². The Morgan fingerprint density at radius 2 is 1.70 bits per heavy atom. The average Bonchev–Trinajstić information content (AvgIpc) is 2.82. The number of amides is 3. The van der Waals surface area contributed by atoms with Crippen molar-refractivity contribution in [3.63, 3.8) is 0 Å². The van der Waals surface area contributed by atoms with E-state index in [4.69, 9.17) is 0 Å². The zero-order valence-corrected chi connectivity index (χ0v) is 15.0. The topological polar surface area (TPSA) is 52.7 Å². The molecule has 0 spiro atoms. The van der Waals surface area contributed by atoms with Crippen molar-refractivity contribution >= 4 is 11.9 Å². The number of urea groups is 1. The first-order valence-electron chi connectivity index (χ1n) is 9.31. The van der Waals surface area contributed by atoms with Gasteiger partial charge in [0.25, 0.3) is 0 Å². The minimum atomic E-state index is -0.0328. The van der Waals surface area contributed by atoms with Gasteiger partial charge in [0.2, 0.25) is 5.91 Å². The van der Waals surface area contributed by atoms with Crippen LogP contribution in [-0.2, 0) is 4.79 Å². The molecule has 5 heteroatoms. The lowest BCUT2D eigenvalue weighted by Crippen LogP contribution is -2.51. The molecule has 1 saturated heterocycles. The number of hydrogen-bond donors (Lipinski definition) is 1. The Morgan fingerprint density at radius 3 is 2.30 bits per heavy atom. The van der Waals surface area contributed by atoms with E-state index in [1.54, 1.807) is 0 Å². The molecule has 1 aliphatic carbocycles. The largest absolute Gasteiger partial charge is 0.342 e. The molecule has 0 radical (unpaired) electrons. The molecule has 1 aliphatic heterocycles. The van der Waals surface area contributed by atoms with E-state index in [0.29, 0.717) is 12.6 Å². The average molecular weight is 323 g/mol. The molecule has 1 atom stereocenters. The first-order chi connectivity index (χ1) is 11.0. The molecule has 0 aromatic heterocycles. The van der Waals surface area contributed by atoms with Gasteiger partial charge in [0.1, 0.15) is 0 Å². The van der Waals surface area contributed by atoms with Crippen molar-refractivity contribution in [1.82, 2.24) is 15.1 Å². The lowest BCUT2D eigenvalue weighted by molar-refractivity contribution is -0.138.